The maximum atomic E-state index is 10.9. The van der Waals surface area contributed by atoms with E-state index in [1.807, 2.05) is 0 Å². The van der Waals surface area contributed by atoms with Crippen LogP contribution < -0.4 is 0 Å². The van der Waals surface area contributed by atoms with Crippen LogP contribution in [0.5, 0.6) is 0 Å². The van der Waals surface area contributed by atoms with Gasteiger partial charge in [0, 0.05) is 6.08 Å². The molecule has 0 spiro atoms. The van der Waals surface area contributed by atoms with Crippen molar-refractivity contribution in [2.45, 2.75) is 38.9 Å². The predicted molar refractivity (Wildman–Crippen MR) is 63.0 cm³/mol. The quantitative estimate of drug-likeness (QED) is 0.418. The van der Waals surface area contributed by atoms with E-state index in [-0.39, 0.29) is 12.1 Å². The van der Waals surface area contributed by atoms with Gasteiger partial charge in [0.1, 0.15) is 0 Å². The lowest BCUT2D eigenvalue weighted by Gasteiger charge is -2.16. The minimum atomic E-state index is -0.362. The summed E-state index contributed by atoms with van der Waals surface area (Å²) in [5.74, 6) is 0.168. The van der Waals surface area contributed by atoms with E-state index in [0.717, 1.165) is 18.4 Å². The summed E-state index contributed by atoms with van der Waals surface area (Å²) in [5.41, 5.74) is 0.841. The van der Waals surface area contributed by atoms with Crippen LogP contribution in [0.4, 0.5) is 0 Å². The molecule has 3 nitrogen and oxygen atoms in total. The number of hydrogen-bond donors (Lipinski definition) is 0. The molecule has 1 fully saturated rings. The van der Waals surface area contributed by atoms with Crippen LogP contribution in [0.2, 0.25) is 0 Å². The van der Waals surface area contributed by atoms with Crippen molar-refractivity contribution in [1.82, 2.24) is 0 Å². The molecule has 0 aromatic carbocycles. The van der Waals surface area contributed by atoms with Crippen LogP contribution in [0, 0.1) is 5.92 Å². The highest BCUT2D eigenvalue weighted by Crippen LogP contribution is 2.28. The monoisotopic (exact) mass is 224 g/mol. The van der Waals surface area contributed by atoms with E-state index in [1.54, 1.807) is 6.08 Å². The van der Waals surface area contributed by atoms with E-state index in [9.17, 15) is 4.79 Å². The average molecular weight is 224 g/mol. The molecule has 2 atom stereocenters. The number of carbonyl (C=O) groups excluding carboxylic acids is 1. The number of methoxy groups -OCH3 is 1. The van der Waals surface area contributed by atoms with Gasteiger partial charge in [-0.1, -0.05) is 20.4 Å². The molecule has 1 saturated heterocycles. The molecule has 0 aromatic rings. The molecule has 1 aliphatic heterocycles. The van der Waals surface area contributed by atoms with Crippen molar-refractivity contribution >= 4 is 5.97 Å². The van der Waals surface area contributed by atoms with Gasteiger partial charge in [-0.25, -0.2) is 4.79 Å². The van der Waals surface area contributed by atoms with Crippen molar-refractivity contribution in [3.63, 3.8) is 0 Å². The third kappa shape index (κ3) is 3.49. The van der Waals surface area contributed by atoms with E-state index in [1.165, 1.54) is 13.2 Å². The Labute approximate surface area is 97.1 Å². The highest BCUT2D eigenvalue weighted by Gasteiger charge is 2.28. The molecule has 0 aliphatic carbocycles. The largest absolute Gasteiger partial charge is 0.466 e. The lowest BCUT2D eigenvalue weighted by molar-refractivity contribution is -0.134. The maximum absolute atomic E-state index is 10.9. The van der Waals surface area contributed by atoms with Crippen LogP contribution in [-0.2, 0) is 14.3 Å². The van der Waals surface area contributed by atoms with Crippen LogP contribution in [-0.4, -0.2) is 25.3 Å². The van der Waals surface area contributed by atoms with Crippen LogP contribution in [0.1, 0.15) is 26.7 Å². The van der Waals surface area contributed by atoms with Gasteiger partial charge < -0.3 is 9.47 Å². The first-order valence-electron chi connectivity index (χ1n) is 5.65. The Morgan fingerprint density at radius 2 is 2.12 bits per heavy atom. The summed E-state index contributed by atoms with van der Waals surface area (Å²) in [6.07, 6.45) is 5.47. The average Bonchev–Trinajstić information content (AvgIpc) is 2.74. The van der Waals surface area contributed by atoms with Crippen molar-refractivity contribution in [3.05, 3.63) is 24.3 Å². The summed E-state index contributed by atoms with van der Waals surface area (Å²) in [6, 6.07) is 0. The first-order valence-corrected chi connectivity index (χ1v) is 5.65. The van der Waals surface area contributed by atoms with Crippen molar-refractivity contribution in [3.8, 4) is 0 Å². The van der Waals surface area contributed by atoms with Crippen molar-refractivity contribution < 1.29 is 14.3 Å². The van der Waals surface area contributed by atoms with Gasteiger partial charge in [0.05, 0.1) is 19.3 Å². The second-order valence-corrected chi connectivity index (χ2v) is 4.42. The Morgan fingerprint density at radius 1 is 1.44 bits per heavy atom. The van der Waals surface area contributed by atoms with Gasteiger partial charge in [-0.05, 0) is 30.4 Å². The maximum Gasteiger partial charge on any atom is 0.330 e. The Bertz CT molecular complexity index is 292. The molecular formula is C13H20O3. The molecule has 16 heavy (non-hydrogen) atoms. The minimum Gasteiger partial charge on any atom is -0.466 e. The van der Waals surface area contributed by atoms with Gasteiger partial charge in [-0.15, -0.1) is 0 Å². The first kappa shape index (κ1) is 13.0. The number of ether oxygens (including phenoxy) is 2. The molecule has 0 radical (unpaired) electrons. The molecule has 0 N–H and O–H groups in total. The van der Waals surface area contributed by atoms with Crippen LogP contribution in [0.3, 0.4) is 0 Å². The number of carbonyl (C=O) groups is 1. The van der Waals surface area contributed by atoms with Gasteiger partial charge >= 0.3 is 5.97 Å². The summed E-state index contributed by atoms with van der Waals surface area (Å²) in [6.45, 7) is 8.22. The second-order valence-electron chi connectivity index (χ2n) is 4.42. The zero-order valence-corrected chi connectivity index (χ0v) is 10.2. The number of rotatable bonds is 4. The van der Waals surface area contributed by atoms with E-state index in [0.29, 0.717) is 12.0 Å². The lowest BCUT2D eigenvalue weighted by Crippen LogP contribution is -2.17. The number of esters is 1. The van der Waals surface area contributed by atoms with Gasteiger partial charge in [-0.3, -0.25) is 0 Å². The molecule has 0 saturated carbocycles. The molecule has 1 rings (SSSR count). The Kier molecular flexibility index (Phi) is 4.74. The zero-order valence-electron chi connectivity index (χ0n) is 10.2. The third-order valence-corrected chi connectivity index (χ3v) is 2.84. The van der Waals surface area contributed by atoms with Crippen LogP contribution >= 0.6 is 0 Å². The number of hydrogen-bond acceptors (Lipinski definition) is 3. The summed E-state index contributed by atoms with van der Waals surface area (Å²) < 4.78 is 10.4. The molecule has 0 bridgehead atoms. The van der Waals surface area contributed by atoms with E-state index >= 15 is 0 Å². The highest BCUT2D eigenvalue weighted by atomic mass is 16.5. The highest BCUT2D eigenvalue weighted by molar-refractivity contribution is 5.82. The Hall–Kier alpha value is -1.09. The SMILES string of the molecule is C=C(/C=C/C(=O)OC)[C@@H]1CC[C@H](C(C)C)O1. The second kappa shape index (κ2) is 5.85. The standard InChI is InChI=1S/C13H20O3/c1-9(2)11-6-7-12(16-11)10(3)5-8-13(14)15-4/h5,8-9,11-12H,3,6-7H2,1-2,4H3/b8-5+/t11-,12+/m1/s1. The Balaban J connectivity index is 2.45. The minimum absolute atomic E-state index is 0.0494. The summed E-state index contributed by atoms with van der Waals surface area (Å²) >= 11 is 0. The third-order valence-electron chi connectivity index (χ3n) is 2.84. The fourth-order valence-electron chi connectivity index (χ4n) is 1.78. The summed E-state index contributed by atoms with van der Waals surface area (Å²) in [4.78, 5) is 10.9. The fraction of sp³-hybridized carbons (Fsp3) is 0.615. The molecule has 3 heteroatoms. The zero-order chi connectivity index (χ0) is 12.1. The smallest absolute Gasteiger partial charge is 0.330 e. The van der Waals surface area contributed by atoms with Crippen molar-refractivity contribution in [2.75, 3.05) is 7.11 Å². The molecular weight excluding hydrogens is 204 g/mol. The van der Waals surface area contributed by atoms with E-state index in [2.05, 4.69) is 25.2 Å². The van der Waals surface area contributed by atoms with Crippen molar-refractivity contribution in [1.29, 1.82) is 0 Å². The molecule has 0 aromatic heterocycles. The van der Waals surface area contributed by atoms with Gasteiger partial charge in [0.25, 0.3) is 0 Å². The van der Waals surface area contributed by atoms with Crippen molar-refractivity contribution in [2.24, 2.45) is 5.92 Å². The first-order chi connectivity index (χ1) is 7.54. The fourth-order valence-corrected chi connectivity index (χ4v) is 1.78. The van der Waals surface area contributed by atoms with Gasteiger partial charge in [-0.2, -0.15) is 0 Å². The predicted octanol–water partition coefficient (Wildman–Crippen LogP) is 2.48. The molecule has 90 valence electrons. The molecule has 1 aliphatic rings. The lowest BCUT2D eigenvalue weighted by atomic mass is 10.0. The summed E-state index contributed by atoms with van der Waals surface area (Å²) in [7, 11) is 1.36. The van der Waals surface area contributed by atoms with Gasteiger partial charge in [0.2, 0.25) is 0 Å². The van der Waals surface area contributed by atoms with Gasteiger partial charge in [0.15, 0.2) is 0 Å². The molecule has 0 amide bonds. The normalized spacial score (nSPS) is 25.2. The van der Waals surface area contributed by atoms with Crippen LogP contribution in [0.25, 0.3) is 0 Å². The topological polar surface area (TPSA) is 35.5 Å². The van der Waals surface area contributed by atoms with Crippen LogP contribution in [0.15, 0.2) is 24.3 Å². The van der Waals surface area contributed by atoms with E-state index in [4.69, 9.17) is 4.74 Å². The molecule has 1 heterocycles. The molecule has 0 unspecified atom stereocenters. The Morgan fingerprint density at radius 3 is 2.62 bits per heavy atom. The van der Waals surface area contributed by atoms with E-state index < -0.39 is 0 Å². The summed E-state index contributed by atoms with van der Waals surface area (Å²) in [5, 5.41) is 0.